The van der Waals surface area contributed by atoms with Crippen molar-refractivity contribution in [1.82, 2.24) is 5.32 Å². The van der Waals surface area contributed by atoms with Gasteiger partial charge in [0.25, 0.3) is 0 Å². The topological polar surface area (TPSA) is 12.0 Å². The summed E-state index contributed by atoms with van der Waals surface area (Å²) in [6.45, 7) is 9.31. The van der Waals surface area contributed by atoms with Gasteiger partial charge in [-0.1, -0.05) is 44.0 Å². The van der Waals surface area contributed by atoms with E-state index in [0.29, 0.717) is 11.5 Å². The van der Waals surface area contributed by atoms with E-state index in [4.69, 9.17) is 0 Å². The van der Waals surface area contributed by atoms with Crippen LogP contribution in [-0.4, -0.2) is 13.1 Å². The Kier molecular flexibility index (Phi) is 4.35. The van der Waals surface area contributed by atoms with Gasteiger partial charge in [0.05, 0.1) is 0 Å². The maximum atomic E-state index is 3.59. The Hall–Kier alpha value is -0.820. The molecular formula is C18H29N. The second-order valence-corrected chi connectivity index (χ2v) is 7.02. The number of rotatable bonds is 4. The fraction of sp³-hybridized carbons (Fsp3) is 0.667. The third kappa shape index (κ3) is 3.20. The van der Waals surface area contributed by atoms with E-state index in [0.717, 1.165) is 12.3 Å². The summed E-state index contributed by atoms with van der Waals surface area (Å²) in [7, 11) is 2.13. The quantitative estimate of drug-likeness (QED) is 0.852. The summed E-state index contributed by atoms with van der Waals surface area (Å²) in [6.07, 6.45) is 5.31. The van der Waals surface area contributed by atoms with Crippen LogP contribution in [0, 0.1) is 25.2 Å². The molecule has 0 radical (unpaired) electrons. The van der Waals surface area contributed by atoms with E-state index < -0.39 is 0 Å². The van der Waals surface area contributed by atoms with E-state index in [-0.39, 0.29) is 0 Å². The van der Waals surface area contributed by atoms with E-state index in [1.54, 1.807) is 0 Å². The van der Waals surface area contributed by atoms with Crippen molar-refractivity contribution in [1.29, 1.82) is 0 Å². The van der Waals surface area contributed by atoms with Crippen molar-refractivity contribution < 1.29 is 0 Å². The molecule has 1 fully saturated rings. The van der Waals surface area contributed by atoms with E-state index in [1.165, 1.54) is 36.0 Å². The second-order valence-electron chi connectivity index (χ2n) is 7.02. The highest BCUT2D eigenvalue weighted by Crippen LogP contribution is 2.45. The van der Waals surface area contributed by atoms with Gasteiger partial charge in [-0.15, -0.1) is 0 Å². The van der Waals surface area contributed by atoms with Crippen molar-refractivity contribution in [3.05, 3.63) is 34.9 Å². The summed E-state index contributed by atoms with van der Waals surface area (Å²) in [6, 6.07) is 7.45. The minimum absolute atomic E-state index is 0.491. The Labute approximate surface area is 118 Å². The van der Waals surface area contributed by atoms with Crippen LogP contribution < -0.4 is 5.32 Å². The average molecular weight is 259 g/mol. The summed E-state index contributed by atoms with van der Waals surface area (Å²) >= 11 is 0. The number of likely N-dealkylation sites (N-methyl/N-ethyl adjacent to an activating group) is 1. The average Bonchev–Trinajstić information content (AvgIpc) is 2.70. The molecule has 1 heteroatoms. The first-order valence-electron chi connectivity index (χ1n) is 7.67. The van der Waals surface area contributed by atoms with E-state index in [9.17, 15) is 0 Å². The SMILES string of the molecule is CNC(Cc1cc(C)ccc1C)C1CCCC1(C)C. The Balaban J connectivity index is 2.17. The Morgan fingerprint density at radius 1 is 1.32 bits per heavy atom. The molecule has 0 spiro atoms. The number of hydrogen-bond donors (Lipinski definition) is 1. The summed E-state index contributed by atoms with van der Waals surface area (Å²) in [5.41, 5.74) is 4.82. The van der Waals surface area contributed by atoms with Gasteiger partial charge in [0.2, 0.25) is 0 Å². The zero-order valence-electron chi connectivity index (χ0n) is 13.2. The van der Waals surface area contributed by atoms with Crippen molar-refractivity contribution in [3.63, 3.8) is 0 Å². The zero-order chi connectivity index (χ0) is 14.0. The van der Waals surface area contributed by atoms with Gasteiger partial charge in [0.15, 0.2) is 0 Å². The number of benzene rings is 1. The molecule has 1 saturated carbocycles. The van der Waals surface area contributed by atoms with Crippen molar-refractivity contribution in [2.45, 2.75) is 59.4 Å². The molecule has 2 rings (SSSR count). The molecule has 19 heavy (non-hydrogen) atoms. The molecule has 0 bridgehead atoms. The molecule has 1 aromatic carbocycles. The van der Waals surface area contributed by atoms with E-state index in [2.05, 4.69) is 58.3 Å². The summed E-state index contributed by atoms with van der Waals surface area (Å²) < 4.78 is 0. The predicted octanol–water partition coefficient (Wildman–Crippen LogP) is 4.26. The lowest BCUT2D eigenvalue weighted by Crippen LogP contribution is -2.40. The molecule has 0 amide bonds. The molecule has 1 aromatic rings. The van der Waals surface area contributed by atoms with E-state index in [1.807, 2.05) is 0 Å². The molecule has 0 heterocycles. The zero-order valence-corrected chi connectivity index (χ0v) is 13.2. The van der Waals surface area contributed by atoms with Crippen LogP contribution >= 0.6 is 0 Å². The summed E-state index contributed by atoms with van der Waals surface area (Å²) in [5.74, 6) is 0.803. The molecule has 0 aromatic heterocycles. The van der Waals surface area contributed by atoms with Crippen molar-refractivity contribution >= 4 is 0 Å². The lowest BCUT2D eigenvalue weighted by atomic mass is 9.75. The molecule has 1 N–H and O–H groups in total. The molecule has 1 aliphatic carbocycles. The molecule has 106 valence electrons. The summed E-state index contributed by atoms with van der Waals surface area (Å²) in [4.78, 5) is 0. The third-order valence-electron chi connectivity index (χ3n) is 5.14. The van der Waals surface area contributed by atoms with Crippen LogP contribution in [0.1, 0.15) is 49.8 Å². The van der Waals surface area contributed by atoms with Crippen molar-refractivity contribution in [2.75, 3.05) is 7.05 Å². The normalized spacial score (nSPS) is 23.5. The van der Waals surface area contributed by atoms with Gasteiger partial charge in [-0.05, 0) is 62.6 Å². The largest absolute Gasteiger partial charge is 0.316 e. The number of nitrogens with one attached hydrogen (secondary N) is 1. The maximum absolute atomic E-state index is 3.59. The van der Waals surface area contributed by atoms with Crippen LogP contribution in [0.4, 0.5) is 0 Å². The molecule has 0 saturated heterocycles. The van der Waals surface area contributed by atoms with Gasteiger partial charge in [-0.25, -0.2) is 0 Å². The highest BCUT2D eigenvalue weighted by atomic mass is 14.9. The lowest BCUT2D eigenvalue weighted by Gasteiger charge is -2.34. The molecule has 1 nitrogen and oxygen atoms in total. The van der Waals surface area contributed by atoms with Gasteiger partial charge < -0.3 is 5.32 Å². The van der Waals surface area contributed by atoms with Gasteiger partial charge in [0.1, 0.15) is 0 Å². The minimum Gasteiger partial charge on any atom is -0.316 e. The van der Waals surface area contributed by atoms with Crippen molar-refractivity contribution in [2.24, 2.45) is 11.3 Å². The minimum atomic E-state index is 0.491. The first-order valence-corrected chi connectivity index (χ1v) is 7.67. The molecule has 2 atom stereocenters. The fourth-order valence-corrected chi connectivity index (χ4v) is 3.80. The monoisotopic (exact) mass is 259 g/mol. The fourth-order valence-electron chi connectivity index (χ4n) is 3.80. The first-order chi connectivity index (χ1) is 8.94. The second kappa shape index (κ2) is 5.66. The summed E-state index contributed by atoms with van der Waals surface area (Å²) in [5, 5.41) is 3.59. The number of aryl methyl sites for hydroxylation is 2. The molecule has 1 aliphatic rings. The van der Waals surface area contributed by atoms with Crippen LogP contribution in [0.15, 0.2) is 18.2 Å². The lowest BCUT2D eigenvalue weighted by molar-refractivity contribution is 0.201. The van der Waals surface area contributed by atoms with Crippen LogP contribution in [0.5, 0.6) is 0 Å². The van der Waals surface area contributed by atoms with Crippen LogP contribution in [0.3, 0.4) is 0 Å². The standard InChI is InChI=1S/C18H29N/c1-13-8-9-14(2)15(11-13)12-17(19-5)16-7-6-10-18(16,3)4/h8-9,11,16-17,19H,6-7,10,12H2,1-5H3. The Morgan fingerprint density at radius 2 is 2.05 bits per heavy atom. The van der Waals surface area contributed by atoms with Gasteiger partial charge in [-0.2, -0.15) is 0 Å². The molecule has 2 unspecified atom stereocenters. The van der Waals surface area contributed by atoms with Crippen LogP contribution in [-0.2, 0) is 6.42 Å². The Bertz CT molecular complexity index is 433. The smallest absolute Gasteiger partial charge is 0.0138 e. The van der Waals surface area contributed by atoms with Gasteiger partial charge in [-0.3, -0.25) is 0 Å². The first kappa shape index (κ1) is 14.6. The van der Waals surface area contributed by atoms with Crippen LogP contribution in [0.25, 0.3) is 0 Å². The molecule has 0 aliphatic heterocycles. The van der Waals surface area contributed by atoms with Crippen LogP contribution in [0.2, 0.25) is 0 Å². The molecular weight excluding hydrogens is 230 g/mol. The highest BCUT2D eigenvalue weighted by Gasteiger charge is 2.38. The van der Waals surface area contributed by atoms with E-state index >= 15 is 0 Å². The Morgan fingerprint density at radius 3 is 2.63 bits per heavy atom. The maximum Gasteiger partial charge on any atom is 0.0138 e. The predicted molar refractivity (Wildman–Crippen MR) is 83.6 cm³/mol. The highest BCUT2D eigenvalue weighted by molar-refractivity contribution is 5.31. The third-order valence-corrected chi connectivity index (χ3v) is 5.14. The van der Waals surface area contributed by atoms with Gasteiger partial charge in [0, 0.05) is 6.04 Å². The number of hydrogen-bond acceptors (Lipinski definition) is 1. The van der Waals surface area contributed by atoms with Gasteiger partial charge >= 0.3 is 0 Å². The van der Waals surface area contributed by atoms with Crippen molar-refractivity contribution in [3.8, 4) is 0 Å².